The number of hydrogen-bond donors (Lipinski definition) is 1. The Bertz CT molecular complexity index is 233. The Labute approximate surface area is 117 Å². The highest BCUT2D eigenvalue weighted by molar-refractivity contribution is 8.00. The molecule has 1 heterocycles. The molecule has 1 saturated heterocycles. The summed E-state index contributed by atoms with van der Waals surface area (Å²) in [4.78, 5) is 5.01. The molecule has 4 heteroatoms. The van der Waals surface area contributed by atoms with E-state index in [9.17, 15) is 0 Å². The van der Waals surface area contributed by atoms with Crippen molar-refractivity contribution >= 4 is 11.8 Å². The maximum atomic E-state index is 3.70. The molecule has 1 aliphatic heterocycles. The summed E-state index contributed by atoms with van der Waals surface area (Å²) in [5, 5.41) is 3.70. The van der Waals surface area contributed by atoms with Crippen LogP contribution in [0.15, 0.2) is 0 Å². The van der Waals surface area contributed by atoms with E-state index in [1.807, 2.05) is 0 Å². The number of piperazine rings is 1. The Kier molecular flexibility index (Phi) is 5.80. The van der Waals surface area contributed by atoms with Crippen molar-refractivity contribution in [1.29, 1.82) is 0 Å². The molecule has 0 aromatic carbocycles. The summed E-state index contributed by atoms with van der Waals surface area (Å²) in [7, 11) is 2.22. The third-order valence-corrected chi connectivity index (χ3v) is 6.01. The molecule has 0 amide bonds. The summed E-state index contributed by atoms with van der Waals surface area (Å²) in [5.41, 5.74) is 0. The first-order valence-corrected chi connectivity index (χ1v) is 8.63. The summed E-state index contributed by atoms with van der Waals surface area (Å²) in [6.45, 7) is 8.54. The van der Waals surface area contributed by atoms with Gasteiger partial charge in [0.25, 0.3) is 0 Å². The zero-order valence-corrected chi connectivity index (χ0v) is 12.9. The number of likely N-dealkylation sites (N-methyl/N-ethyl adjacent to an activating group) is 1. The number of nitrogens with zero attached hydrogens (tertiary/aromatic N) is 2. The van der Waals surface area contributed by atoms with Gasteiger partial charge in [0.1, 0.15) is 0 Å². The fourth-order valence-electron chi connectivity index (χ4n) is 3.10. The molecule has 18 heavy (non-hydrogen) atoms. The van der Waals surface area contributed by atoms with E-state index in [0.717, 1.165) is 6.54 Å². The van der Waals surface area contributed by atoms with Crippen molar-refractivity contribution in [2.45, 2.75) is 30.4 Å². The van der Waals surface area contributed by atoms with E-state index in [4.69, 9.17) is 0 Å². The second kappa shape index (κ2) is 7.13. The van der Waals surface area contributed by atoms with E-state index in [-0.39, 0.29) is 0 Å². The molecule has 3 nitrogen and oxygen atoms in total. The van der Waals surface area contributed by atoms with E-state index in [2.05, 4.69) is 40.2 Å². The number of hydrogen-bond acceptors (Lipinski definition) is 4. The van der Waals surface area contributed by atoms with Crippen LogP contribution >= 0.6 is 11.8 Å². The summed E-state index contributed by atoms with van der Waals surface area (Å²) in [5.74, 6) is 0. The predicted octanol–water partition coefficient (Wildman–Crippen LogP) is 1.50. The molecule has 0 radical (unpaired) electrons. The Morgan fingerprint density at radius 1 is 1.11 bits per heavy atom. The molecule has 0 aromatic heterocycles. The highest BCUT2D eigenvalue weighted by Crippen LogP contribution is 2.39. The largest absolute Gasteiger partial charge is 0.314 e. The number of nitrogens with one attached hydrogen (secondary N) is 1. The van der Waals surface area contributed by atoms with Gasteiger partial charge in [0.15, 0.2) is 0 Å². The molecular formula is C14H29N3S. The van der Waals surface area contributed by atoms with Gasteiger partial charge in [0.05, 0.1) is 0 Å². The topological polar surface area (TPSA) is 18.5 Å². The lowest BCUT2D eigenvalue weighted by atomic mass is 10.1. The zero-order chi connectivity index (χ0) is 12.8. The van der Waals surface area contributed by atoms with Crippen LogP contribution in [0, 0.1) is 0 Å². The highest BCUT2D eigenvalue weighted by atomic mass is 32.2. The van der Waals surface area contributed by atoms with Gasteiger partial charge in [-0.25, -0.2) is 0 Å². The molecule has 2 fully saturated rings. The van der Waals surface area contributed by atoms with E-state index in [1.165, 1.54) is 65.0 Å². The third kappa shape index (κ3) is 4.12. The lowest BCUT2D eigenvalue weighted by molar-refractivity contribution is 0.154. The van der Waals surface area contributed by atoms with Gasteiger partial charge in [0, 0.05) is 50.6 Å². The summed E-state index contributed by atoms with van der Waals surface area (Å²) >= 11 is 2.08. The molecule has 0 unspecified atom stereocenters. The van der Waals surface area contributed by atoms with E-state index in [1.54, 1.807) is 0 Å². The highest BCUT2D eigenvalue weighted by Gasteiger charge is 2.32. The van der Waals surface area contributed by atoms with Gasteiger partial charge in [0.2, 0.25) is 0 Å². The first-order chi connectivity index (χ1) is 8.74. The van der Waals surface area contributed by atoms with Crippen LogP contribution in [-0.2, 0) is 0 Å². The summed E-state index contributed by atoms with van der Waals surface area (Å²) < 4.78 is 0.558. The van der Waals surface area contributed by atoms with Crippen molar-refractivity contribution in [3.63, 3.8) is 0 Å². The average molecular weight is 271 g/mol. The summed E-state index contributed by atoms with van der Waals surface area (Å²) in [6, 6.07) is 0. The predicted molar refractivity (Wildman–Crippen MR) is 81.5 cm³/mol. The monoisotopic (exact) mass is 271 g/mol. The minimum atomic E-state index is 0.558. The minimum absolute atomic E-state index is 0.558. The van der Waals surface area contributed by atoms with Crippen molar-refractivity contribution < 1.29 is 0 Å². The van der Waals surface area contributed by atoms with Gasteiger partial charge in [-0.05, 0) is 26.1 Å². The van der Waals surface area contributed by atoms with Crippen molar-refractivity contribution in [3.8, 4) is 0 Å². The van der Waals surface area contributed by atoms with Crippen LogP contribution in [0.4, 0.5) is 0 Å². The van der Waals surface area contributed by atoms with Gasteiger partial charge < -0.3 is 10.2 Å². The molecule has 0 bridgehead atoms. The first-order valence-electron chi connectivity index (χ1n) is 7.41. The Morgan fingerprint density at radius 2 is 1.78 bits per heavy atom. The van der Waals surface area contributed by atoms with Crippen LogP contribution in [0.5, 0.6) is 0 Å². The Morgan fingerprint density at radius 3 is 2.39 bits per heavy atom. The maximum absolute atomic E-state index is 3.70. The Hall–Kier alpha value is 0.230. The second-order valence-electron chi connectivity index (χ2n) is 5.92. The molecule has 2 aliphatic rings. The van der Waals surface area contributed by atoms with Crippen LogP contribution in [0.3, 0.4) is 0 Å². The first kappa shape index (κ1) is 14.6. The van der Waals surface area contributed by atoms with E-state index in [0.29, 0.717) is 4.75 Å². The van der Waals surface area contributed by atoms with Crippen molar-refractivity contribution in [1.82, 2.24) is 15.1 Å². The molecule has 1 N–H and O–H groups in total. The van der Waals surface area contributed by atoms with Crippen LogP contribution < -0.4 is 5.32 Å². The van der Waals surface area contributed by atoms with Crippen LogP contribution in [0.2, 0.25) is 0 Å². The molecule has 1 saturated carbocycles. The third-order valence-electron chi connectivity index (χ3n) is 4.60. The standard InChI is InChI=1S/C14H29N3S/c1-16-9-11-17(12-10-16)8-7-15-13-14(18-2)5-3-4-6-14/h15H,3-13H2,1-2H3. The molecule has 1 aliphatic carbocycles. The van der Waals surface area contributed by atoms with Crippen LogP contribution in [0.1, 0.15) is 25.7 Å². The van der Waals surface area contributed by atoms with E-state index >= 15 is 0 Å². The lowest BCUT2D eigenvalue weighted by Crippen LogP contribution is -2.47. The number of rotatable bonds is 6. The van der Waals surface area contributed by atoms with Crippen molar-refractivity contribution in [2.24, 2.45) is 0 Å². The van der Waals surface area contributed by atoms with Gasteiger partial charge in [-0.2, -0.15) is 11.8 Å². The van der Waals surface area contributed by atoms with Gasteiger partial charge in [-0.15, -0.1) is 0 Å². The van der Waals surface area contributed by atoms with E-state index < -0.39 is 0 Å². The average Bonchev–Trinajstić information content (AvgIpc) is 2.86. The zero-order valence-electron chi connectivity index (χ0n) is 12.1. The minimum Gasteiger partial charge on any atom is -0.314 e. The molecule has 0 aromatic rings. The number of thioether (sulfide) groups is 1. The molecular weight excluding hydrogens is 242 g/mol. The van der Waals surface area contributed by atoms with Crippen molar-refractivity contribution in [3.05, 3.63) is 0 Å². The lowest BCUT2D eigenvalue weighted by Gasteiger charge is -2.33. The Balaban J connectivity index is 1.58. The normalized spacial score (nSPS) is 25.7. The fraction of sp³-hybridized carbons (Fsp3) is 1.00. The molecule has 0 spiro atoms. The fourth-order valence-corrected chi connectivity index (χ4v) is 4.04. The van der Waals surface area contributed by atoms with Crippen LogP contribution in [0.25, 0.3) is 0 Å². The van der Waals surface area contributed by atoms with Gasteiger partial charge >= 0.3 is 0 Å². The summed E-state index contributed by atoms with van der Waals surface area (Å²) in [6.07, 6.45) is 7.97. The SMILES string of the molecule is CSC1(CNCCN2CCN(C)CC2)CCCC1. The smallest absolute Gasteiger partial charge is 0.0281 e. The van der Waals surface area contributed by atoms with Gasteiger partial charge in [-0.3, -0.25) is 4.90 Å². The second-order valence-corrected chi connectivity index (χ2v) is 7.19. The maximum Gasteiger partial charge on any atom is 0.0281 e. The van der Waals surface area contributed by atoms with Crippen molar-refractivity contribution in [2.75, 3.05) is 59.1 Å². The quantitative estimate of drug-likeness (QED) is 0.738. The molecule has 0 atom stereocenters. The molecule has 2 rings (SSSR count). The van der Waals surface area contributed by atoms with Crippen LogP contribution in [-0.4, -0.2) is 73.7 Å². The van der Waals surface area contributed by atoms with Gasteiger partial charge in [-0.1, -0.05) is 12.8 Å². The molecule has 106 valence electrons.